The van der Waals surface area contributed by atoms with E-state index in [1.807, 2.05) is 48.5 Å². The second kappa shape index (κ2) is 6.57. The van der Waals surface area contributed by atoms with Gasteiger partial charge in [-0.3, -0.25) is 4.99 Å². The maximum atomic E-state index is 6.19. The molecule has 0 radical (unpaired) electrons. The van der Waals surface area contributed by atoms with Gasteiger partial charge in [-0.2, -0.15) is 0 Å². The average Bonchev–Trinajstić information content (AvgIpc) is 3.06. The van der Waals surface area contributed by atoms with Crippen molar-refractivity contribution in [2.24, 2.45) is 4.99 Å². The second-order valence-corrected chi connectivity index (χ2v) is 6.08. The van der Waals surface area contributed by atoms with E-state index >= 15 is 0 Å². The first-order chi connectivity index (χ1) is 11.8. The average molecular weight is 384 g/mol. The SMILES string of the molecule is Brc1nnc(C(Oc2ccc3c(c2)=CCCN=3)c2ccccc2)o1. The Kier molecular flexibility index (Phi) is 4.13. The maximum absolute atomic E-state index is 6.19. The van der Waals surface area contributed by atoms with Crippen molar-refractivity contribution in [3.8, 4) is 5.75 Å². The molecule has 0 N–H and O–H groups in total. The molecular formula is C18H14BrN3O2. The van der Waals surface area contributed by atoms with E-state index in [2.05, 4.69) is 37.2 Å². The summed E-state index contributed by atoms with van der Waals surface area (Å²) >= 11 is 3.19. The minimum absolute atomic E-state index is 0.333. The second-order valence-electron chi connectivity index (χ2n) is 5.40. The smallest absolute Gasteiger partial charge is 0.284 e. The number of halogens is 1. The molecule has 1 atom stereocenters. The van der Waals surface area contributed by atoms with Crippen molar-refractivity contribution >= 4 is 22.0 Å². The summed E-state index contributed by atoms with van der Waals surface area (Å²) in [6, 6.07) is 15.7. The Morgan fingerprint density at radius 3 is 2.75 bits per heavy atom. The van der Waals surface area contributed by atoms with Gasteiger partial charge in [0.2, 0.25) is 6.10 Å². The molecule has 1 aromatic heterocycles. The highest BCUT2D eigenvalue weighted by atomic mass is 79.9. The predicted molar refractivity (Wildman–Crippen MR) is 92.1 cm³/mol. The van der Waals surface area contributed by atoms with Gasteiger partial charge in [0.05, 0.1) is 5.36 Å². The molecule has 4 rings (SSSR count). The van der Waals surface area contributed by atoms with E-state index in [9.17, 15) is 0 Å². The normalized spacial score (nSPS) is 14.2. The Morgan fingerprint density at radius 1 is 1.08 bits per heavy atom. The van der Waals surface area contributed by atoms with E-state index in [4.69, 9.17) is 9.15 Å². The van der Waals surface area contributed by atoms with Crippen LogP contribution in [0, 0.1) is 0 Å². The standard InChI is InChI=1S/C18H14BrN3O2/c19-18-22-21-17(24-18)16(12-5-2-1-3-6-12)23-14-8-9-15-13(11-14)7-4-10-20-15/h1-3,5-9,11,16H,4,10H2. The lowest BCUT2D eigenvalue weighted by molar-refractivity contribution is 0.206. The molecule has 24 heavy (non-hydrogen) atoms. The van der Waals surface area contributed by atoms with Crippen molar-refractivity contribution in [2.75, 3.05) is 6.54 Å². The zero-order valence-corrected chi connectivity index (χ0v) is 14.3. The van der Waals surface area contributed by atoms with Gasteiger partial charge in [0.15, 0.2) is 0 Å². The first-order valence-corrected chi connectivity index (χ1v) is 8.44. The summed E-state index contributed by atoms with van der Waals surface area (Å²) in [6.45, 7) is 0.843. The third kappa shape index (κ3) is 3.10. The van der Waals surface area contributed by atoms with Crippen molar-refractivity contribution in [1.29, 1.82) is 0 Å². The van der Waals surface area contributed by atoms with Crippen LogP contribution in [0.3, 0.4) is 0 Å². The zero-order chi connectivity index (χ0) is 16.4. The van der Waals surface area contributed by atoms with Crippen molar-refractivity contribution in [3.63, 3.8) is 0 Å². The topological polar surface area (TPSA) is 60.5 Å². The van der Waals surface area contributed by atoms with Crippen molar-refractivity contribution in [3.05, 3.63) is 75.4 Å². The summed E-state index contributed by atoms with van der Waals surface area (Å²) in [6.07, 6.45) is 2.66. The van der Waals surface area contributed by atoms with Crippen LogP contribution in [-0.4, -0.2) is 16.7 Å². The minimum Gasteiger partial charge on any atom is -0.476 e. The molecule has 1 aliphatic heterocycles. The number of ether oxygens (including phenoxy) is 1. The molecule has 0 spiro atoms. The van der Waals surface area contributed by atoms with Gasteiger partial charge in [-0.25, -0.2) is 0 Å². The van der Waals surface area contributed by atoms with Crippen LogP contribution < -0.4 is 15.3 Å². The van der Waals surface area contributed by atoms with Gasteiger partial charge in [-0.1, -0.05) is 36.4 Å². The van der Waals surface area contributed by atoms with E-state index in [0.29, 0.717) is 10.7 Å². The fourth-order valence-electron chi connectivity index (χ4n) is 2.67. The number of benzene rings is 2. The Balaban J connectivity index is 1.73. The summed E-state index contributed by atoms with van der Waals surface area (Å²) < 4.78 is 11.7. The van der Waals surface area contributed by atoms with Crippen LogP contribution in [0.5, 0.6) is 5.75 Å². The highest BCUT2D eigenvalue weighted by Gasteiger charge is 2.22. The first-order valence-electron chi connectivity index (χ1n) is 7.65. The quantitative estimate of drug-likeness (QED) is 0.694. The Bertz CT molecular complexity index is 969. The van der Waals surface area contributed by atoms with E-state index in [-0.39, 0.29) is 0 Å². The lowest BCUT2D eigenvalue weighted by Crippen LogP contribution is -2.28. The Hall–Kier alpha value is -2.47. The third-order valence-corrected chi connectivity index (χ3v) is 4.09. The Morgan fingerprint density at radius 2 is 1.96 bits per heavy atom. The van der Waals surface area contributed by atoms with Crippen molar-refractivity contribution in [1.82, 2.24) is 10.2 Å². The molecule has 0 saturated carbocycles. The van der Waals surface area contributed by atoms with Gasteiger partial charge >= 0.3 is 0 Å². The largest absolute Gasteiger partial charge is 0.476 e. The molecule has 1 unspecified atom stereocenters. The summed E-state index contributed by atoms with van der Waals surface area (Å²) in [5, 5.41) is 10.0. The molecule has 2 heterocycles. The molecule has 0 saturated heterocycles. The monoisotopic (exact) mass is 383 g/mol. The molecule has 0 bridgehead atoms. The third-order valence-electron chi connectivity index (χ3n) is 3.77. The predicted octanol–water partition coefficient (Wildman–Crippen LogP) is 2.80. The summed E-state index contributed by atoms with van der Waals surface area (Å²) in [5.41, 5.74) is 0.944. The Labute approximate surface area is 146 Å². The van der Waals surface area contributed by atoms with Crippen LogP contribution in [0.1, 0.15) is 24.0 Å². The molecule has 0 aliphatic carbocycles. The summed E-state index contributed by atoms with van der Waals surface area (Å²) in [4.78, 5) is 4.83. The van der Waals surface area contributed by atoms with Crippen LogP contribution in [0.2, 0.25) is 0 Å². The number of hydrogen-bond acceptors (Lipinski definition) is 5. The highest BCUT2D eigenvalue weighted by Crippen LogP contribution is 2.27. The van der Waals surface area contributed by atoms with Crippen molar-refractivity contribution < 1.29 is 9.15 Å². The maximum Gasteiger partial charge on any atom is 0.284 e. The van der Waals surface area contributed by atoms with Gasteiger partial charge in [-0.05, 0) is 29.8 Å². The minimum atomic E-state index is -0.469. The number of aromatic nitrogens is 2. The fourth-order valence-corrected chi connectivity index (χ4v) is 2.91. The molecular weight excluding hydrogens is 370 g/mol. The van der Waals surface area contributed by atoms with Gasteiger partial charge in [0, 0.05) is 28.0 Å². The fraction of sp³-hybridized carbons (Fsp3) is 0.167. The number of fused-ring (bicyclic) bond motifs is 1. The molecule has 0 fully saturated rings. The van der Waals surface area contributed by atoms with Gasteiger partial charge in [-0.15, -0.1) is 10.2 Å². The van der Waals surface area contributed by atoms with E-state index in [1.165, 1.54) is 0 Å². The van der Waals surface area contributed by atoms with E-state index in [1.54, 1.807) is 0 Å². The van der Waals surface area contributed by atoms with Gasteiger partial charge in [0.25, 0.3) is 10.7 Å². The van der Waals surface area contributed by atoms with Crippen LogP contribution in [-0.2, 0) is 0 Å². The van der Waals surface area contributed by atoms with E-state index < -0.39 is 6.10 Å². The number of rotatable bonds is 4. The molecule has 3 aromatic rings. The van der Waals surface area contributed by atoms with Gasteiger partial charge in [0.1, 0.15) is 5.75 Å². The molecule has 2 aromatic carbocycles. The summed E-state index contributed by atoms with van der Waals surface area (Å²) in [5.74, 6) is 1.14. The summed E-state index contributed by atoms with van der Waals surface area (Å²) in [7, 11) is 0. The molecule has 0 amide bonds. The van der Waals surface area contributed by atoms with Crippen LogP contribution in [0.4, 0.5) is 0 Å². The number of nitrogens with zero attached hydrogens (tertiary/aromatic N) is 3. The van der Waals surface area contributed by atoms with Gasteiger partial charge < -0.3 is 9.15 Å². The van der Waals surface area contributed by atoms with Crippen LogP contribution in [0.25, 0.3) is 6.08 Å². The first kappa shape index (κ1) is 15.1. The van der Waals surface area contributed by atoms with E-state index in [0.717, 1.165) is 34.9 Å². The molecule has 1 aliphatic rings. The van der Waals surface area contributed by atoms with Crippen molar-refractivity contribution in [2.45, 2.75) is 12.5 Å². The van der Waals surface area contributed by atoms with Crippen LogP contribution >= 0.6 is 15.9 Å². The highest BCUT2D eigenvalue weighted by molar-refractivity contribution is 9.10. The molecule has 6 heteroatoms. The van der Waals surface area contributed by atoms with Crippen LogP contribution in [0.15, 0.2) is 62.7 Å². The molecule has 5 nitrogen and oxygen atoms in total. The lowest BCUT2D eigenvalue weighted by atomic mass is 10.1. The molecule has 120 valence electrons. The lowest BCUT2D eigenvalue weighted by Gasteiger charge is -2.16. The zero-order valence-electron chi connectivity index (χ0n) is 12.7. The number of hydrogen-bond donors (Lipinski definition) is 0.